The first-order valence-corrected chi connectivity index (χ1v) is 7.71. The SMILES string of the molecule is COc1ccc([N+](=O)[O-])cc1C(=O)O[C@H](C)C(=O)N(C)c1ccccc1. The number of anilines is 1. The Balaban J connectivity index is 2.17. The van der Waals surface area contributed by atoms with Crippen LogP contribution in [0.5, 0.6) is 5.75 Å². The molecule has 2 aromatic carbocycles. The van der Waals surface area contributed by atoms with E-state index in [1.54, 1.807) is 31.3 Å². The predicted octanol–water partition coefficient (Wildman–Crippen LogP) is 2.81. The molecule has 0 fully saturated rings. The molecule has 8 heteroatoms. The third-order valence-electron chi connectivity index (χ3n) is 3.72. The molecular formula is C18H18N2O6. The van der Waals surface area contributed by atoms with E-state index in [4.69, 9.17) is 9.47 Å². The van der Waals surface area contributed by atoms with E-state index in [1.165, 1.54) is 31.1 Å². The number of para-hydroxylation sites is 1. The molecule has 136 valence electrons. The number of hydrogen-bond acceptors (Lipinski definition) is 6. The van der Waals surface area contributed by atoms with Gasteiger partial charge in [-0.3, -0.25) is 14.9 Å². The Morgan fingerprint density at radius 3 is 2.38 bits per heavy atom. The van der Waals surface area contributed by atoms with Crippen LogP contribution in [-0.2, 0) is 9.53 Å². The second-order valence-corrected chi connectivity index (χ2v) is 5.42. The molecule has 2 aromatic rings. The van der Waals surface area contributed by atoms with Crippen molar-refractivity contribution in [1.82, 2.24) is 0 Å². The standard InChI is InChI=1S/C18H18N2O6/c1-12(17(21)19(2)13-7-5-4-6-8-13)26-18(22)15-11-14(20(23)24)9-10-16(15)25-3/h4-12H,1-3H3/t12-/m1/s1. The van der Waals surface area contributed by atoms with Crippen molar-refractivity contribution in [2.24, 2.45) is 0 Å². The van der Waals surface area contributed by atoms with Gasteiger partial charge < -0.3 is 14.4 Å². The Labute approximate surface area is 150 Å². The van der Waals surface area contributed by atoms with Crippen molar-refractivity contribution in [3.63, 3.8) is 0 Å². The van der Waals surface area contributed by atoms with Gasteiger partial charge in [0, 0.05) is 24.9 Å². The van der Waals surface area contributed by atoms with Crippen LogP contribution >= 0.6 is 0 Å². The monoisotopic (exact) mass is 358 g/mol. The van der Waals surface area contributed by atoms with Crippen LogP contribution in [0.3, 0.4) is 0 Å². The van der Waals surface area contributed by atoms with Gasteiger partial charge in [-0.25, -0.2) is 4.79 Å². The predicted molar refractivity (Wildman–Crippen MR) is 94.4 cm³/mol. The van der Waals surface area contributed by atoms with Gasteiger partial charge in [-0.15, -0.1) is 0 Å². The lowest BCUT2D eigenvalue weighted by molar-refractivity contribution is -0.384. The van der Waals surface area contributed by atoms with Crippen LogP contribution in [0.2, 0.25) is 0 Å². The summed E-state index contributed by atoms with van der Waals surface area (Å²) in [4.78, 5) is 36.5. The third kappa shape index (κ3) is 4.15. The zero-order chi connectivity index (χ0) is 19.3. The second kappa shape index (κ2) is 8.11. The molecule has 0 aliphatic carbocycles. The summed E-state index contributed by atoms with van der Waals surface area (Å²) < 4.78 is 10.2. The maximum absolute atomic E-state index is 12.4. The fourth-order valence-electron chi connectivity index (χ4n) is 2.30. The van der Waals surface area contributed by atoms with E-state index in [9.17, 15) is 19.7 Å². The van der Waals surface area contributed by atoms with Crippen molar-refractivity contribution < 1.29 is 24.0 Å². The van der Waals surface area contributed by atoms with E-state index in [1.807, 2.05) is 6.07 Å². The van der Waals surface area contributed by atoms with Crippen molar-refractivity contribution in [2.45, 2.75) is 13.0 Å². The van der Waals surface area contributed by atoms with Crippen LogP contribution in [0.4, 0.5) is 11.4 Å². The highest BCUT2D eigenvalue weighted by Gasteiger charge is 2.26. The molecule has 0 aliphatic rings. The average molecular weight is 358 g/mol. The molecule has 0 N–H and O–H groups in total. The highest BCUT2D eigenvalue weighted by Crippen LogP contribution is 2.25. The first-order valence-electron chi connectivity index (χ1n) is 7.71. The van der Waals surface area contributed by atoms with Crippen LogP contribution in [0.15, 0.2) is 48.5 Å². The summed E-state index contributed by atoms with van der Waals surface area (Å²) in [6.07, 6.45) is -1.09. The number of carbonyl (C=O) groups is 2. The van der Waals surface area contributed by atoms with Crippen molar-refractivity contribution in [3.05, 3.63) is 64.2 Å². The average Bonchev–Trinajstić information content (AvgIpc) is 2.66. The molecule has 0 aliphatic heterocycles. The number of amides is 1. The first kappa shape index (κ1) is 18.9. The molecule has 1 amide bonds. The molecule has 0 radical (unpaired) electrons. The summed E-state index contributed by atoms with van der Waals surface area (Å²) in [5.74, 6) is -1.20. The number of methoxy groups -OCH3 is 1. The summed E-state index contributed by atoms with van der Waals surface area (Å²) in [6, 6.07) is 12.4. The lowest BCUT2D eigenvalue weighted by Gasteiger charge is -2.21. The molecule has 0 bridgehead atoms. The van der Waals surface area contributed by atoms with Crippen molar-refractivity contribution in [2.75, 3.05) is 19.1 Å². The highest BCUT2D eigenvalue weighted by atomic mass is 16.6. The molecule has 0 heterocycles. The molecule has 1 atom stereocenters. The number of nitro groups is 1. The molecule has 2 rings (SSSR count). The van der Waals surface area contributed by atoms with Gasteiger partial charge >= 0.3 is 5.97 Å². The largest absolute Gasteiger partial charge is 0.496 e. The van der Waals surface area contributed by atoms with Crippen molar-refractivity contribution in [3.8, 4) is 5.75 Å². The quantitative estimate of drug-likeness (QED) is 0.447. The van der Waals surface area contributed by atoms with Crippen LogP contribution in [0.1, 0.15) is 17.3 Å². The fourth-order valence-corrected chi connectivity index (χ4v) is 2.30. The van der Waals surface area contributed by atoms with Crippen molar-refractivity contribution in [1.29, 1.82) is 0 Å². The topological polar surface area (TPSA) is 99.0 Å². The van der Waals surface area contributed by atoms with Gasteiger partial charge in [-0.05, 0) is 25.1 Å². The van der Waals surface area contributed by atoms with Gasteiger partial charge in [0.25, 0.3) is 11.6 Å². The van der Waals surface area contributed by atoms with Gasteiger partial charge in [0.15, 0.2) is 6.10 Å². The number of likely N-dealkylation sites (N-methyl/N-ethyl adjacent to an activating group) is 1. The fraction of sp³-hybridized carbons (Fsp3) is 0.222. The minimum Gasteiger partial charge on any atom is -0.496 e. The summed E-state index contributed by atoms with van der Waals surface area (Å²) in [6.45, 7) is 1.43. The highest BCUT2D eigenvalue weighted by molar-refractivity contribution is 5.99. The zero-order valence-corrected chi connectivity index (χ0v) is 14.5. The minimum absolute atomic E-state index is 0.122. The maximum Gasteiger partial charge on any atom is 0.342 e. The third-order valence-corrected chi connectivity index (χ3v) is 3.72. The smallest absolute Gasteiger partial charge is 0.342 e. The van der Waals surface area contributed by atoms with Crippen LogP contribution in [0.25, 0.3) is 0 Å². The zero-order valence-electron chi connectivity index (χ0n) is 14.5. The number of ether oxygens (including phenoxy) is 2. The number of benzene rings is 2. The molecule has 0 saturated carbocycles. The second-order valence-electron chi connectivity index (χ2n) is 5.42. The Bertz CT molecular complexity index is 822. The van der Waals surface area contributed by atoms with E-state index in [0.717, 1.165) is 6.07 Å². The lowest BCUT2D eigenvalue weighted by Crippen LogP contribution is -2.37. The van der Waals surface area contributed by atoms with Crippen LogP contribution in [0, 0.1) is 10.1 Å². The van der Waals surface area contributed by atoms with Gasteiger partial charge in [0.1, 0.15) is 11.3 Å². The number of nitrogens with zero attached hydrogens (tertiary/aromatic N) is 2. The Hall–Kier alpha value is -3.42. The summed E-state index contributed by atoms with van der Waals surface area (Å²) in [5.41, 5.74) is 0.246. The Morgan fingerprint density at radius 1 is 1.15 bits per heavy atom. The molecule has 26 heavy (non-hydrogen) atoms. The molecule has 0 spiro atoms. The molecule has 8 nitrogen and oxygen atoms in total. The van der Waals surface area contributed by atoms with Crippen LogP contribution in [-0.4, -0.2) is 37.1 Å². The summed E-state index contributed by atoms with van der Waals surface area (Å²) in [5, 5.41) is 10.9. The summed E-state index contributed by atoms with van der Waals surface area (Å²) >= 11 is 0. The van der Waals surface area contributed by atoms with Crippen molar-refractivity contribution >= 4 is 23.3 Å². The van der Waals surface area contributed by atoms with Gasteiger partial charge in [-0.1, -0.05) is 18.2 Å². The van der Waals surface area contributed by atoms with Gasteiger partial charge in [0.2, 0.25) is 0 Å². The number of hydrogen-bond donors (Lipinski definition) is 0. The molecular weight excluding hydrogens is 340 g/mol. The van der Waals surface area contributed by atoms with E-state index in [0.29, 0.717) is 5.69 Å². The normalized spacial score (nSPS) is 11.3. The number of rotatable bonds is 6. The van der Waals surface area contributed by atoms with E-state index >= 15 is 0 Å². The van der Waals surface area contributed by atoms with E-state index in [2.05, 4.69) is 0 Å². The summed E-state index contributed by atoms with van der Waals surface area (Å²) in [7, 11) is 2.89. The van der Waals surface area contributed by atoms with Crippen LogP contribution < -0.4 is 9.64 Å². The number of carbonyl (C=O) groups excluding carboxylic acids is 2. The van der Waals surface area contributed by atoms with Gasteiger partial charge in [0.05, 0.1) is 12.0 Å². The molecule has 0 unspecified atom stereocenters. The van der Waals surface area contributed by atoms with Gasteiger partial charge in [-0.2, -0.15) is 0 Å². The lowest BCUT2D eigenvalue weighted by atomic mass is 10.1. The number of esters is 1. The molecule has 0 saturated heterocycles. The number of non-ortho nitro benzene ring substituents is 1. The van der Waals surface area contributed by atoms with E-state index < -0.39 is 22.9 Å². The Morgan fingerprint density at radius 2 is 1.81 bits per heavy atom. The first-order chi connectivity index (χ1) is 12.3. The van der Waals surface area contributed by atoms with E-state index in [-0.39, 0.29) is 17.0 Å². The Kier molecular flexibility index (Phi) is 5.90. The number of nitro benzene ring substituents is 1. The maximum atomic E-state index is 12.4. The molecule has 0 aromatic heterocycles. The minimum atomic E-state index is -1.09.